The van der Waals surface area contributed by atoms with Gasteiger partial charge in [0.25, 0.3) is 0 Å². The quantitative estimate of drug-likeness (QED) is 0.882. The lowest BCUT2D eigenvalue weighted by Crippen LogP contribution is -2.40. The number of carbonyl (C=O) groups excluding carboxylic acids is 1. The van der Waals surface area contributed by atoms with Crippen LogP contribution in [0.15, 0.2) is 24.3 Å². The zero-order valence-electron chi connectivity index (χ0n) is 12.4. The molecule has 3 rings (SSSR count). The standard InChI is InChI=1S/C17H24N2O.ClH/c18-14-8-3-7-13(11-14)17(20)19-16-10-4-6-12-5-1-2-9-15(12)16;/h1-2,5,9,13-14,16H,3-4,6-8,10-11,18H2,(H,19,20);1H. The first-order valence-corrected chi connectivity index (χ1v) is 7.88. The number of hydrogen-bond acceptors (Lipinski definition) is 2. The van der Waals surface area contributed by atoms with Gasteiger partial charge in [0.1, 0.15) is 0 Å². The smallest absolute Gasteiger partial charge is 0.223 e. The first-order valence-electron chi connectivity index (χ1n) is 7.88. The summed E-state index contributed by atoms with van der Waals surface area (Å²) in [6.07, 6.45) is 7.34. The van der Waals surface area contributed by atoms with Crippen molar-refractivity contribution in [1.29, 1.82) is 0 Å². The number of aryl methyl sites for hydroxylation is 1. The maximum absolute atomic E-state index is 12.5. The predicted octanol–water partition coefficient (Wildman–Crippen LogP) is 3.12. The fourth-order valence-corrected chi connectivity index (χ4v) is 3.66. The molecule has 0 aliphatic heterocycles. The van der Waals surface area contributed by atoms with Crippen LogP contribution in [0.1, 0.15) is 55.7 Å². The number of hydrogen-bond donors (Lipinski definition) is 2. The van der Waals surface area contributed by atoms with Gasteiger partial charge in [0.15, 0.2) is 0 Å². The van der Waals surface area contributed by atoms with Crippen molar-refractivity contribution in [2.24, 2.45) is 11.7 Å². The van der Waals surface area contributed by atoms with E-state index in [9.17, 15) is 4.79 Å². The first kappa shape index (κ1) is 16.3. The Bertz CT molecular complexity index is 491. The third kappa shape index (κ3) is 3.78. The van der Waals surface area contributed by atoms with Gasteiger partial charge < -0.3 is 11.1 Å². The van der Waals surface area contributed by atoms with Crippen molar-refractivity contribution in [3.05, 3.63) is 35.4 Å². The van der Waals surface area contributed by atoms with Crippen molar-refractivity contribution in [3.8, 4) is 0 Å². The van der Waals surface area contributed by atoms with Crippen molar-refractivity contribution in [2.45, 2.75) is 57.0 Å². The van der Waals surface area contributed by atoms with E-state index in [1.54, 1.807) is 0 Å². The van der Waals surface area contributed by atoms with Crippen molar-refractivity contribution in [1.82, 2.24) is 5.32 Å². The van der Waals surface area contributed by atoms with Crippen LogP contribution in [0.2, 0.25) is 0 Å². The molecule has 1 amide bonds. The van der Waals surface area contributed by atoms with E-state index in [1.165, 1.54) is 11.1 Å². The van der Waals surface area contributed by atoms with Crippen molar-refractivity contribution in [2.75, 3.05) is 0 Å². The van der Waals surface area contributed by atoms with Gasteiger partial charge in [0.05, 0.1) is 6.04 Å². The van der Waals surface area contributed by atoms with Crippen LogP contribution in [0.25, 0.3) is 0 Å². The Morgan fingerprint density at radius 2 is 1.95 bits per heavy atom. The fourth-order valence-electron chi connectivity index (χ4n) is 3.66. The molecule has 3 atom stereocenters. The lowest BCUT2D eigenvalue weighted by Gasteiger charge is -2.30. The molecule has 0 bridgehead atoms. The number of carbonyl (C=O) groups is 1. The van der Waals surface area contributed by atoms with Crippen molar-refractivity contribution < 1.29 is 4.79 Å². The van der Waals surface area contributed by atoms with Gasteiger partial charge in [-0.25, -0.2) is 0 Å². The number of nitrogens with one attached hydrogen (secondary N) is 1. The topological polar surface area (TPSA) is 55.1 Å². The van der Waals surface area contributed by atoms with E-state index in [0.717, 1.165) is 44.9 Å². The van der Waals surface area contributed by atoms with Gasteiger partial charge in [-0.05, 0) is 49.7 Å². The Morgan fingerprint density at radius 3 is 2.76 bits per heavy atom. The van der Waals surface area contributed by atoms with E-state index in [4.69, 9.17) is 5.73 Å². The zero-order valence-corrected chi connectivity index (χ0v) is 13.2. The third-order valence-corrected chi connectivity index (χ3v) is 4.77. The maximum Gasteiger partial charge on any atom is 0.223 e. The monoisotopic (exact) mass is 308 g/mol. The Morgan fingerprint density at radius 1 is 1.14 bits per heavy atom. The molecule has 0 saturated heterocycles. The fraction of sp³-hybridized carbons (Fsp3) is 0.588. The Balaban J connectivity index is 0.00000161. The predicted molar refractivity (Wildman–Crippen MR) is 87.4 cm³/mol. The van der Waals surface area contributed by atoms with E-state index < -0.39 is 0 Å². The summed E-state index contributed by atoms with van der Waals surface area (Å²) >= 11 is 0. The lowest BCUT2D eigenvalue weighted by atomic mass is 9.84. The van der Waals surface area contributed by atoms with Crippen molar-refractivity contribution in [3.63, 3.8) is 0 Å². The molecule has 1 aromatic rings. The summed E-state index contributed by atoms with van der Waals surface area (Å²) in [5, 5.41) is 3.27. The molecule has 3 nitrogen and oxygen atoms in total. The molecule has 1 fully saturated rings. The average Bonchev–Trinajstić information content (AvgIpc) is 2.47. The highest BCUT2D eigenvalue weighted by Gasteiger charge is 2.28. The van der Waals surface area contributed by atoms with E-state index in [1.807, 2.05) is 0 Å². The molecule has 1 aromatic carbocycles. The number of amides is 1. The number of nitrogens with two attached hydrogens (primary N) is 1. The Kier molecular flexibility index (Phi) is 5.65. The maximum atomic E-state index is 12.5. The zero-order chi connectivity index (χ0) is 13.9. The summed E-state index contributed by atoms with van der Waals surface area (Å²) in [5.41, 5.74) is 8.70. The molecule has 0 spiro atoms. The highest BCUT2D eigenvalue weighted by Crippen LogP contribution is 2.31. The molecule has 0 aromatic heterocycles. The minimum absolute atomic E-state index is 0. The summed E-state index contributed by atoms with van der Waals surface area (Å²) in [6, 6.07) is 8.91. The molecule has 4 heteroatoms. The first-order chi connectivity index (χ1) is 9.74. The average molecular weight is 309 g/mol. The van der Waals surface area contributed by atoms with Gasteiger partial charge >= 0.3 is 0 Å². The van der Waals surface area contributed by atoms with Crippen LogP contribution in [-0.2, 0) is 11.2 Å². The molecular weight excluding hydrogens is 284 g/mol. The summed E-state index contributed by atoms with van der Waals surface area (Å²) < 4.78 is 0. The normalized spacial score (nSPS) is 28.1. The molecule has 0 heterocycles. The summed E-state index contributed by atoms with van der Waals surface area (Å²) in [4.78, 5) is 12.5. The van der Waals surface area contributed by atoms with Crippen LogP contribution in [0, 0.1) is 5.92 Å². The molecular formula is C17H25ClN2O. The largest absolute Gasteiger partial charge is 0.349 e. The van der Waals surface area contributed by atoms with Gasteiger partial charge in [-0.3, -0.25) is 4.79 Å². The molecule has 3 N–H and O–H groups in total. The number of fused-ring (bicyclic) bond motifs is 1. The van der Waals surface area contributed by atoms with Gasteiger partial charge in [0.2, 0.25) is 5.91 Å². The van der Waals surface area contributed by atoms with Crippen LogP contribution in [0.5, 0.6) is 0 Å². The molecule has 2 aliphatic carbocycles. The second-order valence-corrected chi connectivity index (χ2v) is 6.28. The SMILES string of the molecule is Cl.NC1CCCC(C(=O)NC2CCCc3ccccc32)C1. The summed E-state index contributed by atoms with van der Waals surface area (Å²) in [6.45, 7) is 0. The molecule has 1 saturated carbocycles. The molecule has 2 aliphatic rings. The highest BCUT2D eigenvalue weighted by molar-refractivity contribution is 5.85. The molecule has 116 valence electrons. The minimum atomic E-state index is 0. The van der Waals surface area contributed by atoms with Crippen LogP contribution < -0.4 is 11.1 Å². The van der Waals surface area contributed by atoms with Crippen LogP contribution in [-0.4, -0.2) is 11.9 Å². The third-order valence-electron chi connectivity index (χ3n) is 4.77. The highest BCUT2D eigenvalue weighted by atomic mass is 35.5. The van der Waals surface area contributed by atoms with E-state index in [0.29, 0.717) is 0 Å². The Hall–Kier alpha value is -1.06. The number of rotatable bonds is 2. The molecule has 21 heavy (non-hydrogen) atoms. The summed E-state index contributed by atoms with van der Waals surface area (Å²) in [5.74, 6) is 0.328. The van der Waals surface area contributed by atoms with Gasteiger partial charge in [-0.2, -0.15) is 0 Å². The lowest BCUT2D eigenvalue weighted by molar-refractivity contribution is -0.127. The molecule has 0 radical (unpaired) electrons. The van der Waals surface area contributed by atoms with Crippen LogP contribution >= 0.6 is 12.4 Å². The van der Waals surface area contributed by atoms with E-state index >= 15 is 0 Å². The number of halogens is 1. The summed E-state index contributed by atoms with van der Waals surface area (Å²) in [7, 11) is 0. The second-order valence-electron chi connectivity index (χ2n) is 6.28. The minimum Gasteiger partial charge on any atom is -0.349 e. The van der Waals surface area contributed by atoms with E-state index in [-0.39, 0.29) is 36.3 Å². The van der Waals surface area contributed by atoms with Crippen molar-refractivity contribution >= 4 is 18.3 Å². The van der Waals surface area contributed by atoms with Gasteiger partial charge in [-0.1, -0.05) is 30.7 Å². The van der Waals surface area contributed by atoms with E-state index in [2.05, 4.69) is 29.6 Å². The second kappa shape index (κ2) is 7.28. The Labute approximate surface area is 133 Å². The van der Waals surface area contributed by atoms with Gasteiger partial charge in [-0.15, -0.1) is 12.4 Å². The molecule has 3 unspecified atom stereocenters. The van der Waals surface area contributed by atoms with Crippen LogP contribution in [0.4, 0.5) is 0 Å². The number of benzene rings is 1. The van der Waals surface area contributed by atoms with Crippen LogP contribution in [0.3, 0.4) is 0 Å². The van der Waals surface area contributed by atoms with Gasteiger partial charge in [0, 0.05) is 12.0 Å².